The number of halogens is 3. The molecule has 0 bridgehead atoms. The normalized spacial score (nSPS) is 17.9. The van der Waals surface area contributed by atoms with Crippen LogP contribution >= 0.6 is 15.9 Å². The van der Waals surface area contributed by atoms with E-state index in [9.17, 15) is 13.6 Å². The predicted octanol–water partition coefficient (Wildman–Crippen LogP) is 6.08. The molecule has 0 heterocycles. The number of nitrogens with one attached hydrogen (secondary N) is 2. The molecule has 0 aromatic heterocycles. The number of carbonyl (C=O) groups excluding carboxylic acids is 1. The molecule has 1 saturated carbocycles. The number of benzene rings is 1. The van der Waals surface area contributed by atoms with Gasteiger partial charge in [-0.25, -0.2) is 8.78 Å². The summed E-state index contributed by atoms with van der Waals surface area (Å²) in [7, 11) is 0. The zero-order valence-electron chi connectivity index (χ0n) is 18.0. The second-order valence-corrected chi connectivity index (χ2v) is 9.16. The second-order valence-electron chi connectivity index (χ2n) is 8.14. The molecule has 0 unspecified atom stereocenters. The minimum absolute atomic E-state index is 0.0595. The minimum Gasteiger partial charge on any atom is -0.356 e. The van der Waals surface area contributed by atoms with Crippen molar-refractivity contribution in [3.05, 3.63) is 57.6 Å². The van der Waals surface area contributed by atoms with Crippen molar-refractivity contribution < 1.29 is 13.6 Å². The summed E-state index contributed by atoms with van der Waals surface area (Å²) in [5.41, 5.74) is 2.24. The fourth-order valence-corrected chi connectivity index (χ4v) is 4.57. The number of hydrogen-bond donors (Lipinski definition) is 2. The third-order valence-corrected chi connectivity index (χ3v) is 6.14. The fourth-order valence-electron chi connectivity index (χ4n) is 4.09. The summed E-state index contributed by atoms with van der Waals surface area (Å²) in [5.74, 6) is -0.982. The van der Waals surface area contributed by atoms with Gasteiger partial charge in [0.15, 0.2) is 0 Å². The largest absolute Gasteiger partial charge is 0.356 e. The van der Waals surface area contributed by atoms with Gasteiger partial charge < -0.3 is 10.6 Å². The lowest BCUT2D eigenvalue weighted by atomic mass is 9.74. The van der Waals surface area contributed by atoms with Crippen LogP contribution < -0.4 is 10.6 Å². The Labute approximate surface area is 187 Å². The first-order valence-electron chi connectivity index (χ1n) is 10.8. The molecule has 166 valence electrons. The molecule has 2 aliphatic carbocycles. The molecule has 6 heteroatoms. The van der Waals surface area contributed by atoms with Gasteiger partial charge in [-0.3, -0.25) is 4.79 Å². The predicted molar refractivity (Wildman–Crippen MR) is 123 cm³/mol. The standard InChI is InChI=1S/C17H27BrN2O.C7H6F2/c1-14(21)19-11-6-12-20-17(9-3-2-4-10-17)15-7-5-8-16(18)13-15;1-5-2-6(8)4-7(9)3-5/h7,13,20H,2-6,8-12H2,1H3,(H,19,21);2-4H,1H3. The second kappa shape index (κ2) is 12.4. The van der Waals surface area contributed by atoms with E-state index < -0.39 is 11.6 Å². The molecule has 1 fully saturated rings. The summed E-state index contributed by atoms with van der Waals surface area (Å²) in [6.45, 7) is 4.94. The topological polar surface area (TPSA) is 41.1 Å². The first-order valence-corrected chi connectivity index (χ1v) is 11.6. The van der Waals surface area contributed by atoms with Crippen LogP contribution in [0.25, 0.3) is 0 Å². The van der Waals surface area contributed by atoms with E-state index in [2.05, 4.69) is 38.7 Å². The molecule has 2 aliphatic rings. The quantitative estimate of drug-likeness (QED) is 0.482. The van der Waals surface area contributed by atoms with Gasteiger partial charge in [0.25, 0.3) is 0 Å². The van der Waals surface area contributed by atoms with E-state index in [1.807, 2.05) is 0 Å². The Morgan fingerprint density at radius 3 is 2.33 bits per heavy atom. The molecule has 0 saturated heterocycles. The molecule has 0 spiro atoms. The van der Waals surface area contributed by atoms with Crippen LogP contribution in [-0.2, 0) is 4.79 Å². The maximum Gasteiger partial charge on any atom is 0.216 e. The Hall–Kier alpha value is -1.53. The Balaban J connectivity index is 0.000000297. The number of hydrogen-bond acceptors (Lipinski definition) is 2. The van der Waals surface area contributed by atoms with Crippen molar-refractivity contribution in [1.82, 2.24) is 10.6 Å². The Morgan fingerprint density at radius 2 is 1.77 bits per heavy atom. The van der Waals surface area contributed by atoms with Gasteiger partial charge in [-0.15, -0.1) is 0 Å². The maximum absolute atomic E-state index is 12.2. The highest BCUT2D eigenvalue weighted by Crippen LogP contribution is 2.38. The molecule has 3 rings (SSSR count). The van der Waals surface area contributed by atoms with Gasteiger partial charge in [-0.1, -0.05) is 41.3 Å². The van der Waals surface area contributed by atoms with Gasteiger partial charge in [0.2, 0.25) is 5.91 Å². The van der Waals surface area contributed by atoms with Crippen LogP contribution in [0, 0.1) is 18.6 Å². The molecule has 1 aromatic rings. The van der Waals surface area contributed by atoms with Gasteiger partial charge in [0.1, 0.15) is 11.6 Å². The summed E-state index contributed by atoms with van der Waals surface area (Å²) in [4.78, 5) is 10.9. The molecule has 0 radical (unpaired) electrons. The van der Waals surface area contributed by atoms with E-state index in [-0.39, 0.29) is 11.4 Å². The van der Waals surface area contributed by atoms with Crippen LogP contribution in [-0.4, -0.2) is 24.5 Å². The Bertz CT molecular complexity index is 720. The van der Waals surface area contributed by atoms with Crippen molar-refractivity contribution in [2.45, 2.75) is 70.8 Å². The maximum atomic E-state index is 12.2. The molecule has 0 aliphatic heterocycles. The fraction of sp³-hybridized carbons (Fsp3) is 0.542. The number of aryl methyl sites for hydroxylation is 1. The molecule has 3 nitrogen and oxygen atoms in total. The summed E-state index contributed by atoms with van der Waals surface area (Å²) in [6.07, 6.45) is 14.4. The van der Waals surface area contributed by atoms with E-state index in [0.29, 0.717) is 5.56 Å². The number of carbonyl (C=O) groups is 1. The van der Waals surface area contributed by atoms with Crippen molar-refractivity contribution in [3.8, 4) is 0 Å². The SMILES string of the molecule is CC(=O)NCCCNC1(C2=CCCC(Br)=C2)CCCCC1.Cc1cc(F)cc(F)c1. The highest BCUT2D eigenvalue weighted by atomic mass is 79.9. The average Bonchev–Trinajstić information content (AvgIpc) is 2.68. The Kier molecular flexibility index (Phi) is 10.2. The monoisotopic (exact) mass is 482 g/mol. The highest BCUT2D eigenvalue weighted by Gasteiger charge is 2.34. The smallest absolute Gasteiger partial charge is 0.216 e. The minimum atomic E-state index is -0.521. The van der Waals surface area contributed by atoms with Gasteiger partial charge >= 0.3 is 0 Å². The molecule has 0 atom stereocenters. The van der Waals surface area contributed by atoms with Crippen LogP contribution in [0.2, 0.25) is 0 Å². The summed E-state index contributed by atoms with van der Waals surface area (Å²) in [5, 5.41) is 6.68. The number of rotatable bonds is 6. The van der Waals surface area contributed by atoms with E-state index in [1.54, 1.807) is 13.8 Å². The van der Waals surface area contributed by atoms with Crippen LogP contribution in [0.1, 0.15) is 63.9 Å². The first-order chi connectivity index (χ1) is 14.3. The van der Waals surface area contributed by atoms with Gasteiger partial charge in [-0.2, -0.15) is 0 Å². The van der Waals surface area contributed by atoms with E-state index in [1.165, 1.54) is 54.3 Å². The van der Waals surface area contributed by atoms with E-state index >= 15 is 0 Å². The average molecular weight is 483 g/mol. The van der Waals surface area contributed by atoms with E-state index in [4.69, 9.17) is 0 Å². The summed E-state index contributed by atoms with van der Waals surface area (Å²) < 4.78 is 25.7. The van der Waals surface area contributed by atoms with Gasteiger partial charge in [-0.05, 0) is 79.4 Å². The Morgan fingerprint density at radius 1 is 1.10 bits per heavy atom. The van der Waals surface area contributed by atoms with Crippen molar-refractivity contribution in [2.24, 2.45) is 0 Å². The summed E-state index contributed by atoms with van der Waals surface area (Å²) >= 11 is 3.67. The number of amides is 1. The van der Waals surface area contributed by atoms with Crippen molar-refractivity contribution in [1.29, 1.82) is 0 Å². The third-order valence-electron chi connectivity index (χ3n) is 5.52. The van der Waals surface area contributed by atoms with Crippen LogP contribution in [0.4, 0.5) is 8.78 Å². The lowest BCUT2D eigenvalue weighted by Gasteiger charge is -2.41. The van der Waals surface area contributed by atoms with Crippen molar-refractivity contribution in [2.75, 3.05) is 13.1 Å². The molecular formula is C24H33BrF2N2O. The lowest BCUT2D eigenvalue weighted by molar-refractivity contribution is -0.118. The van der Waals surface area contributed by atoms with Crippen molar-refractivity contribution in [3.63, 3.8) is 0 Å². The van der Waals surface area contributed by atoms with Crippen LogP contribution in [0.15, 0.2) is 40.4 Å². The third kappa shape index (κ3) is 8.31. The molecule has 1 amide bonds. The zero-order valence-corrected chi connectivity index (χ0v) is 19.6. The molecule has 2 N–H and O–H groups in total. The highest BCUT2D eigenvalue weighted by molar-refractivity contribution is 9.11. The van der Waals surface area contributed by atoms with Crippen molar-refractivity contribution >= 4 is 21.8 Å². The van der Waals surface area contributed by atoms with Crippen LogP contribution in [0.3, 0.4) is 0 Å². The van der Waals surface area contributed by atoms with Gasteiger partial charge in [0, 0.05) is 25.1 Å². The van der Waals surface area contributed by atoms with E-state index in [0.717, 1.165) is 38.4 Å². The first kappa shape index (κ1) is 24.7. The summed E-state index contributed by atoms with van der Waals surface area (Å²) in [6, 6.07) is 3.42. The number of allylic oxidation sites excluding steroid dienone is 2. The van der Waals surface area contributed by atoms with Gasteiger partial charge in [0.05, 0.1) is 0 Å². The molecular weight excluding hydrogens is 450 g/mol. The lowest BCUT2D eigenvalue weighted by Crippen LogP contribution is -2.49. The van der Waals surface area contributed by atoms with Crippen LogP contribution in [0.5, 0.6) is 0 Å². The zero-order chi connectivity index (χ0) is 22.0. The molecule has 1 aromatic carbocycles. The molecule has 30 heavy (non-hydrogen) atoms.